The van der Waals surface area contributed by atoms with Crippen molar-refractivity contribution in [3.63, 3.8) is 0 Å². The Morgan fingerprint density at radius 2 is 1.25 bits per heavy atom. The third-order valence-corrected chi connectivity index (χ3v) is 7.63. The Hall–Kier alpha value is -4.24. The number of rotatable bonds is 22. The van der Waals surface area contributed by atoms with Crippen LogP contribution in [0, 0.1) is 5.82 Å². The summed E-state index contributed by atoms with van der Waals surface area (Å²) in [6, 6.07) is 18.0. The van der Waals surface area contributed by atoms with Crippen LogP contribution in [0.5, 0.6) is 11.5 Å². The maximum atomic E-state index is 14.7. The van der Waals surface area contributed by atoms with E-state index in [2.05, 4.69) is 6.92 Å². The van der Waals surface area contributed by atoms with Crippen LogP contribution in [0.4, 0.5) is 4.39 Å². The van der Waals surface area contributed by atoms with E-state index in [9.17, 15) is 18.8 Å². The summed E-state index contributed by atoms with van der Waals surface area (Å²) in [5.41, 5.74) is 1.74. The minimum Gasteiger partial charge on any atom is -0.494 e. The fourth-order valence-corrected chi connectivity index (χ4v) is 4.87. The molecule has 0 saturated carbocycles. The molecule has 0 N–H and O–H groups in total. The Labute approximate surface area is 283 Å². The van der Waals surface area contributed by atoms with Gasteiger partial charge in [-0.1, -0.05) is 89.5 Å². The maximum absolute atomic E-state index is 14.7. The highest BCUT2D eigenvalue weighted by molar-refractivity contribution is 5.93. The third-order valence-electron chi connectivity index (χ3n) is 7.63. The van der Waals surface area contributed by atoms with Gasteiger partial charge in [-0.2, -0.15) is 0 Å². The van der Waals surface area contributed by atoms with Crippen molar-refractivity contribution >= 4 is 17.9 Å². The van der Waals surface area contributed by atoms with E-state index in [4.69, 9.17) is 23.7 Å². The second-order valence-electron chi connectivity index (χ2n) is 11.6. The van der Waals surface area contributed by atoms with Crippen LogP contribution >= 0.6 is 0 Å². The molecule has 9 heteroatoms. The Bertz CT molecular complexity index is 1400. The molecule has 0 fully saturated rings. The number of carbonyl (C=O) groups is 3. The molecule has 0 spiro atoms. The van der Waals surface area contributed by atoms with E-state index in [-0.39, 0.29) is 24.5 Å². The molecule has 0 saturated heterocycles. The first kappa shape index (κ1) is 38.2. The summed E-state index contributed by atoms with van der Waals surface area (Å²) in [4.78, 5) is 37.2. The lowest BCUT2D eigenvalue weighted by molar-refractivity contribution is -0.154. The SMILES string of the molecule is CCCCCCCCCCCOc1ccc(-c2ccc(C(=O)Oc3ccc(C(=O)O[C@@H](C)C(=O)OCCOCCC)c(F)c3)cc2)cc1. The molecule has 0 unspecified atom stereocenters. The van der Waals surface area contributed by atoms with E-state index in [0.717, 1.165) is 41.9 Å². The molecule has 3 rings (SSSR count). The molecule has 3 aromatic carbocycles. The van der Waals surface area contributed by atoms with Gasteiger partial charge in [0.15, 0.2) is 6.10 Å². The molecule has 0 bridgehead atoms. The minimum absolute atomic E-state index is 0.0138. The first-order chi connectivity index (χ1) is 23.3. The lowest BCUT2D eigenvalue weighted by Crippen LogP contribution is -2.27. The van der Waals surface area contributed by atoms with Crippen LogP contribution in [0.15, 0.2) is 66.7 Å². The molecule has 0 amide bonds. The van der Waals surface area contributed by atoms with Crippen LogP contribution in [-0.2, 0) is 19.0 Å². The minimum atomic E-state index is -1.25. The molecular weight excluding hydrogens is 615 g/mol. The van der Waals surface area contributed by atoms with Gasteiger partial charge in [-0.3, -0.25) is 0 Å². The largest absolute Gasteiger partial charge is 0.494 e. The predicted octanol–water partition coefficient (Wildman–Crippen LogP) is 9.14. The highest BCUT2D eigenvalue weighted by Crippen LogP contribution is 2.24. The van der Waals surface area contributed by atoms with Crippen LogP contribution in [-0.4, -0.2) is 50.4 Å². The van der Waals surface area contributed by atoms with E-state index >= 15 is 0 Å². The van der Waals surface area contributed by atoms with E-state index in [0.29, 0.717) is 13.2 Å². The van der Waals surface area contributed by atoms with Gasteiger partial charge in [-0.05, 0) is 67.3 Å². The highest BCUT2D eigenvalue weighted by atomic mass is 19.1. The molecule has 48 heavy (non-hydrogen) atoms. The van der Waals surface area contributed by atoms with Gasteiger partial charge in [0.1, 0.15) is 23.9 Å². The van der Waals surface area contributed by atoms with Gasteiger partial charge in [-0.25, -0.2) is 18.8 Å². The standard InChI is InChI=1S/C39H49FO8/c1-4-6-7-8-9-10-11-12-13-25-45-33-20-18-31(19-21-33)30-14-16-32(17-15-30)38(42)48-34-22-23-35(36(40)28-34)39(43)47-29(3)37(41)46-27-26-44-24-5-2/h14-23,28-29H,4-13,24-27H2,1-3H3/t29-/m0/s1. The van der Waals surface area contributed by atoms with Crippen molar-refractivity contribution in [3.8, 4) is 22.6 Å². The summed E-state index contributed by atoms with van der Waals surface area (Å²) >= 11 is 0. The Morgan fingerprint density at radius 3 is 1.88 bits per heavy atom. The molecule has 0 heterocycles. The van der Waals surface area contributed by atoms with Crippen LogP contribution in [0.1, 0.15) is 106 Å². The fourth-order valence-electron chi connectivity index (χ4n) is 4.87. The first-order valence-electron chi connectivity index (χ1n) is 17.1. The maximum Gasteiger partial charge on any atom is 0.347 e. The van der Waals surface area contributed by atoms with E-state index < -0.39 is 35.4 Å². The molecule has 260 valence electrons. The third kappa shape index (κ3) is 13.5. The lowest BCUT2D eigenvalue weighted by Gasteiger charge is -2.13. The monoisotopic (exact) mass is 664 g/mol. The Balaban J connectivity index is 1.42. The van der Waals surface area contributed by atoms with E-state index in [1.54, 1.807) is 24.3 Å². The Kier molecular flexibility index (Phi) is 17.2. The number of hydrogen-bond donors (Lipinski definition) is 0. The van der Waals surface area contributed by atoms with Crippen LogP contribution in [0.3, 0.4) is 0 Å². The number of hydrogen-bond acceptors (Lipinski definition) is 8. The molecule has 0 aliphatic heterocycles. The summed E-state index contributed by atoms with van der Waals surface area (Å²) in [6.45, 7) is 7.01. The highest BCUT2D eigenvalue weighted by Gasteiger charge is 2.23. The quantitative estimate of drug-likeness (QED) is 0.0596. The number of unbranched alkanes of at least 4 members (excludes halogenated alkanes) is 8. The Morgan fingerprint density at radius 1 is 0.646 bits per heavy atom. The zero-order chi connectivity index (χ0) is 34.6. The molecule has 3 aromatic rings. The van der Waals surface area contributed by atoms with Crippen molar-refractivity contribution in [2.24, 2.45) is 0 Å². The van der Waals surface area contributed by atoms with Gasteiger partial charge in [-0.15, -0.1) is 0 Å². The molecule has 0 aliphatic rings. The number of benzene rings is 3. The zero-order valence-electron chi connectivity index (χ0n) is 28.5. The van der Waals surface area contributed by atoms with Crippen molar-refractivity contribution in [2.75, 3.05) is 26.4 Å². The molecule has 8 nitrogen and oxygen atoms in total. The normalized spacial score (nSPS) is 11.5. The van der Waals surface area contributed by atoms with Gasteiger partial charge in [0, 0.05) is 12.7 Å². The topological polar surface area (TPSA) is 97.4 Å². The summed E-state index contributed by atoms with van der Waals surface area (Å²) in [5, 5.41) is 0. The molecule has 0 aromatic heterocycles. The number of halogens is 1. The first-order valence-corrected chi connectivity index (χ1v) is 17.1. The number of carbonyl (C=O) groups excluding carboxylic acids is 3. The van der Waals surface area contributed by atoms with Crippen LogP contribution in [0.2, 0.25) is 0 Å². The summed E-state index contributed by atoms with van der Waals surface area (Å²) in [7, 11) is 0. The van der Waals surface area contributed by atoms with Gasteiger partial charge in [0.05, 0.1) is 24.3 Å². The van der Waals surface area contributed by atoms with Gasteiger partial charge in [0.25, 0.3) is 0 Å². The van der Waals surface area contributed by atoms with Crippen LogP contribution in [0.25, 0.3) is 11.1 Å². The van der Waals surface area contributed by atoms with Gasteiger partial charge < -0.3 is 23.7 Å². The van der Waals surface area contributed by atoms with Crippen molar-refractivity contribution in [1.82, 2.24) is 0 Å². The summed E-state index contributed by atoms with van der Waals surface area (Å²) < 4.78 is 41.2. The second-order valence-corrected chi connectivity index (χ2v) is 11.6. The molecule has 0 aliphatic carbocycles. The average Bonchev–Trinajstić information content (AvgIpc) is 3.09. The zero-order valence-corrected chi connectivity index (χ0v) is 28.5. The van der Waals surface area contributed by atoms with Crippen molar-refractivity contribution < 1.29 is 42.5 Å². The molecule has 1 atom stereocenters. The lowest BCUT2D eigenvalue weighted by atomic mass is 10.0. The van der Waals surface area contributed by atoms with Crippen molar-refractivity contribution in [3.05, 3.63) is 83.7 Å². The molecular formula is C39H49FO8. The smallest absolute Gasteiger partial charge is 0.347 e. The average molecular weight is 665 g/mol. The van der Waals surface area contributed by atoms with E-state index in [1.807, 2.05) is 31.2 Å². The number of esters is 3. The van der Waals surface area contributed by atoms with Crippen molar-refractivity contribution in [1.29, 1.82) is 0 Å². The summed E-state index contributed by atoms with van der Waals surface area (Å²) in [5.74, 6) is -2.73. The number of ether oxygens (including phenoxy) is 5. The second kappa shape index (κ2) is 21.6. The van der Waals surface area contributed by atoms with Gasteiger partial charge in [0.2, 0.25) is 0 Å². The van der Waals surface area contributed by atoms with Crippen LogP contribution < -0.4 is 9.47 Å². The van der Waals surface area contributed by atoms with E-state index in [1.165, 1.54) is 64.4 Å². The summed E-state index contributed by atoms with van der Waals surface area (Å²) in [6.07, 6.45) is 11.0. The fraction of sp³-hybridized carbons (Fsp3) is 0.462. The molecule has 0 radical (unpaired) electrons. The predicted molar refractivity (Wildman–Crippen MR) is 183 cm³/mol. The van der Waals surface area contributed by atoms with Gasteiger partial charge >= 0.3 is 17.9 Å². The van der Waals surface area contributed by atoms with Crippen molar-refractivity contribution in [2.45, 2.75) is 91.1 Å².